The number of nitrogens with one attached hydrogen (secondary N) is 1. The third kappa shape index (κ3) is 3.61. The van der Waals surface area contributed by atoms with Gasteiger partial charge >= 0.3 is 0 Å². The Morgan fingerprint density at radius 3 is 3.12 bits per heavy atom. The summed E-state index contributed by atoms with van der Waals surface area (Å²) in [6, 6.07) is 9.28. The first-order valence-corrected chi connectivity index (χ1v) is 8.63. The zero-order valence-corrected chi connectivity index (χ0v) is 14.4. The predicted octanol–water partition coefficient (Wildman–Crippen LogP) is 3.61. The average Bonchev–Trinajstić information content (AvgIpc) is 3.33. The van der Waals surface area contributed by atoms with Crippen LogP contribution in [0.5, 0.6) is 5.75 Å². The van der Waals surface area contributed by atoms with E-state index in [1.165, 1.54) is 0 Å². The molecular weight excluding hydrogens is 334 g/mol. The van der Waals surface area contributed by atoms with Crippen molar-refractivity contribution in [2.45, 2.75) is 38.7 Å². The molecule has 7 heteroatoms. The number of hydrogen-bond donors (Lipinski definition) is 1. The van der Waals surface area contributed by atoms with Gasteiger partial charge in [0, 0.05) is 24.9 Å². The number of rotatable bonds is 6. The maximum atomic E-state index is 12.1. The Labute approximate surface area is 150 Å². The van der Waals surface area contributed by atoms with Gasteiger partial charge in [-0.15, -0.1) is 0 Å². The number of nitrogens with zero attached hydrogens (tertiary/aromatic N) is 2. The second kappa shape index (κ2) is 7.03. The molecule has 0 saturated heterocycles. The number of aryl methyl sites for hydroxylation is 1. The second-order valence-corrected chi connectivity index (χ2v) is 6.35. The van der Waals surface area contributed by atoms with Gasteiger partial charge in [0.2, 0.25) is 17.6 Å². The summed E-state index contributed by atoms with van der Waals surface area (Å²) in [4.78, 5) is 16.4. The van der Waals surface area contributed by atoms with Crippen LogP contribution in [0.4, 0.5) is 5.69 Å². The van der Waals surface area contributed by atoms with Crippen LogP contribution < -0.4 is 10.1 Å². The van der Waals surface area contributed by atoms with Crippen molar-refractivity contribution in [2.75, 3.05) is 5.32 Å². The maximum Gasteiger partial charge on any atom is 0.238 e. The molecule has 0 aliphatic carbocycles. The van der Waals surface area contributed by atoms with Crippen molar-refractivity contribution in [1.29, 1.82) is 0 Å². The molecule has 0 fully saturated rings. The second-order valence-electron chi connectivity index (χ2n) is 6.35. The van der Waals surface area contributed by atoms with Gasteiger partial charge in [-0.2, -0.15) is 4.98 Å². The molecule has 1 aliphatic heterocycles. The summed E-state index contributed by atoms with van der Waals surface area (Å²) >= 11 is 0. The van der Waals surface area contributed by atoms with Gasteiger partial charge in [0.15, 0.2) is 5.76 Å². The number of amides is 1. The molecule has 26 heavy (non-hydrogen) atoms. The summed E-state index contributed by atoms with van der Waals surface area (Å²) in [5, 5.41) is 6.80. The van der Waals surface area contributed by atoms with Crippen molar-refractivity contribution in [3.8, 4) is 17.3 Å². The highest BCUT2D eigenvalue weighted by Crippen LogP contribution is 2.31. The van der Waals surface area contributed by atoms with E-state index in [9.17, 15) is 4.79 Å². The van der Waals surface area contributed by atoms with E-state index in [0.29, 0.717) is 36.7 Å². The van der Waals surface area contributed by atoms with E-state index in [-0.39, 0.29) is 12.0 Å². The molecular formula is C19H19N3O4. The Balaban J connectivity index is 1.26. The van der Waals surface area contributed by atoms with Crippen molar-refractivity contribution in [3.63, 3.8) is 0 Å². The lowest BCUT2D eigenvalue weighted by atomic mass is 10.1. The van der Waals surface area contributed by atoms with Gasteiger partial charge in [-0.05, 0) is 49.2 Å². The minimum absolute atomic E-state index is 0.0392. The minimum atomic E-state index is -0.0392. The van der Waals surface area contributed by atoms with E-state index in [4.69, 9.17) is 13.7 Å². The number of hydrogen-bond acceptors (Lipinski definition) is 6. The molecule has 0 spiro atoms. The first kappa shape index (κ1) is 16.4. The van der Waals surface area contributed by atoms with Crippen molar-refractivity contribution >= 4 is 11.6 Å². The molecule has 1 amide bonds. The zero-order valence-electron chi connectivity index (χ0n) is 14.4. The largest absolute Gasteiger partial charge is 0.490 e. The molecule has 1 aromatic carbocycles. The zero-order chi connectivity index (χ0) is 17.9. The summed E-state index contributed by atoms with van der Waals surface area (Å²) < 4.78 is 16.1. The van der Waals surface area contributed by atoms with Gasteiger partial charge in [-0.25, -0.2) is 0 Å². The number of fused-ring (bicyclic) bond motifs is 1. The fraction of sp³-hybridized carbons (Fsp3) is 0.316. The van der Waals surface area contributed by atoms with Crippen molar-refractivity contribution in [3.05, 3.63) is 48.0 Å². The molecule has 0 bridgehead atoms. The number of ether oxygens (including phenoxy) is 1. The van der Waals surface area contributed by atoms with Crippen molar-refractivity contribution in [1.82, 2.24) is 10.1 Å². The minimum Gasteiger partial charge on any atom is -0.490 e. The molecule has 0 saturated carbocycles. The van der Waals surface area contributed by atoms with Crippen LogP contribution in [-0.2, 0) is 17.6 Å². The Morgan fingerprint density at radius 1 is 1.35 bits per heavy atom. The highest BCUT2D eigenvalue weighted by molar-refractivity contribution is 5.90. The average molecular weight is 353 g/mol. The molecule has 134 valence electrons. The quantitative estimate of drug-likeness (QED) is 0.728. The van der Waals surface area contributed by atoms with Gasteiger partial charge in [0.25, 0.3) is 0 Å². The number of benzene rings is 1. The molecule has 2 aromatic heterocycles. The monoisotopic (exact) mass is 353 g/mol. The first-order valence-electron chi connectivity index (χ1n) is 8.63. The topological polar surface area (TPSA) is 90.4 Å². The predicted molar refractivity (Wildman–Crippen MR) is 93.8 cm³/mol. The standard InChI is InChI=1S/C19H19N3O4/c1-12-10-13-11-14(7-8-15(13)25-12)20-17(23)5-2-6-18-21-19(22-26-18)16-4-3-9-24-16/h3-4,7-9,11-12H,2,5-6,10H2,1H3,(H,20,23). The van der Waals surface area contributed by atoms with Gasteiger partial charge in [0.1, 0.15) is 11.9 Å². The van der Waals surface area contributed by atoms with Gasteiger partial charge in [-0.1, -0.05) is 5.16 Å². The Kier molecular flexibility index (Phi) is 4.43. The fourth-order valence-electron chi connectivity index (χ4n) is 2.99. The molecule has 1 unspecified atom stereocenters. The first-order chi connectivity index (χ1) is 12.7. The van der Waals surface area contributed by atoms with Crippen LogP contribution in [0.15, 0.2) is 45.5 Å². The molecule has 3 heterocycles. The summed E-state index contributed by atoms with van der Waals surface area (Å²) in [6.07, 6.45) is 4.15. The third-order valence-electron chi connectivity index (χ3n) is 4.18. The summed E-state index contributed by atoms with van der Waals surface area (Å²) in [5.74, 6) is 2.34. The third-order valence-corrected chi connectivity index (χ3v) is 4.18. The molecule has 1 aliphatic rings. The van der Waals surface area contributed by atoms with E-state index in [1.807, 2.05) is 25.1 Å². The molecule has 0 radical (unpaired) electrons. The lowest BCUT2D eigenvalue weighted by molar-refractivity contribution is -0.116. The van der Waals surface area contributed by atoms with E-state index in [1.54, 1.807) is 18.4 Å². The van der Waals surface area contributed by atoms with Gasteiger partial charge in [-0.3, -0.25) is 4.79 Å². The Bertz CT molecular complexity index is 901. The van der Waals surface area contributed by atoms with Crippen LogP contribution in [0.3, 0.4) is 0 Å². The van der Waals surface area contributed by atoms with Crippen LogP contribution in [0.2, 0.25) is 0 Å². The number of carbonyl (C=O) groups is 1. The fourth-order valence-corrected chi connectivity index (χ4v) is 2.99. The van der Waals surface area contributed by atoms with E-state index < -0.39 is 0 Å². The van der Waals surface area contributed by atoms with E-state index >= 15 is 0 Å². The van der Waals surface area contributed by atoms with Crippen LogP contribution in [-0.4, -0.2) is 22.2 Å². The highest BCUT2D eigenvalue weighted by Gasteiger charge is 2.19. The smallest absolute Gasteiger partial charge is 0.238 e. The number of anilines is 1. The molecule has 3 aromatic rings. The Hall–Kier alpha value is -3.09. The lowest BCUT2D eigenvalue weighted by Crippen LogP contribution is -2.11. The summed E-state index contributed by atoms with van der Waals surface area (Å²) in [5.41, 5.74) is 1.93. The molecule has 1 atom stereocenters. The number of aromatic nitrogens is 2. The van der Waals surface area contributed by atoms with Crippen LogP contribution in [0.1, 0.15) is 31.2 Å². The lowest BCUT2D eigenvalue weighted by Gasteiger charge is -2.06. The SMILES string of the molecule is CC1Cc2cc(NC(=O)CCCc3nc(-c4ccco4)no3)ccc2O1. The maximum absolute atomic E-state index is 12.1. The van der Waals surface area contributed by atoms with Gasteiger partial charge in [0.05, 0.1) is 6.26 Å². The summed E-state index contributed by atoms with van der Waals surface area (Å²) in [6.45, 7) is 2.03. The number of furan rings is 1. The number of carbonyl (C=O) groups excluding carboxylic acids is 1. The van der Waals surface area contributed by atoms with Crippen LogP contribution >= 0.6 is 0 Å². The highest BCUT2D eigenvalue weighted by atomic mass is 16.5. The normalized spacial score (nSPS) is 15.5. The molecule has 7 nitrogen and oxygen atoms in total. The van der Waals surface area contributed by atoms with Crippen molar-refractivity contribution < 1.29 is 18.5 Å². The molecule has 1 N–H and O–H groups in total. The Morgan fingerprint density at radius 2 is 2.27 bits per heavy atom. The molecule has 4 rings (SSSR count). The summed E-state index contributed by atoms with van der Waals surface area (Å²) in [7, 11) is 0. The van der Waals surface area contributed by atoms with E-state index in [0.717, 1.165) is 23.4 Å². The van der Waals surface area contributed by atoms with Crippen molar-refractivity contribution in [2.24, 2.45) is 0 Å². The van der Waals surface area contributed by atoms with Gasteiger partial charge < -0.3 is 19.0 Å². The van der Waals surface area contributed by atoms with Crippen LogP contribution in [0.25, 0.3) is 11.6 Å². The van der Waals surface area contributed by atoms with E-state index in [2.05, 4.69) is 15.5 Å². The van der Waals surface area contributed by atoms with Crippen LogP contribution in [0, 0.1) is 0 Å².